The predicted molar refractivity (Wildman–Crippen MR) is 107 cm³/mol. The number of fused-ring (bicyclic) bond motifs is 1. The van der Waals surface area contributed by atoms with Crippen molar-refractivity contribution in [1.29, 1.82) is 0 Å². The van der Waals surface area contributed by atoms with Gasteiger partial charge in [-0.3, -0.25) is 4.79 Å². The molecule has 28 heavy (non-hydrogen) atoms. The Morgan fingerprint density at radius 1 is 1.14 bits per heavy atom. The fraction of sp³-hybridized carbons (Fsp3) is 0.238. The van der Waals surface area contributed by atoms with Gasteiger partial charge < -0.3 is 19.2 Å². The molecular formula is C21H20ClNO5. The number of amides is 1. The summed E-state index contributed by atoms with van der Waals surface area (Å²) in [7, 11) is 3.04. The molecule has 2 aromatic carbocycles. The van der Waals surface area contributed by atoms with Gasteiger partial charge in [-0.15, -0.1) is 0 Å². The summed E-state index contributed by atoms with van der Waals surface area (Å²) < 4.78 is 16.0. The molecule has 0 aliphatic heterocycles. The van der Waals surface area contributed by atoms with Gasteiger partial charge in [0.15, 0.2) is 0 Å². The smallest absolute Gasteiger partial charge is 0.340 e. The number of hydrogen-bond acceptors (Lipinski definition) is 5. The van der Waals surface area contributed by atoms with Crippen molar-refractivity contribution >= 4 is 28.5 Å². The standard InChI is InChI=1S/C21H20ClNO5/c1-12-16(10-19(24)23-11-13-4-6-14(22)7-5-13)21(25)28-18-9-15(26-2)8-17(27-3)20(12)18/h4-9H,10-11H2,1-3H3,(H,23,24). The number of benzene rings is 2. The fourth-order valence-corrected chi connectivity index (χ4v) is 3.12. The first-order chi connectivity index (χ1) is 13.4. The molecule has 0 fully saturated rings. The zero-order valence-electron chi connectivity index (χ0n) is 15.8. The van der Waals surface area contributed by atoms with E-state index < -0.39 is 5.63 Å². The van der Waals surface area contributed by atoms with E-state index in [1.807, 2.05) is 12.1 Å². The molecule has 7 heteroatoms. The highest BCUT2D eigenvalue weighted by Gasteiger charge is 2.18. The summed E-state index contributed by atoms with van der Waals surface area (Å²) in [5, 5.41) is 4.07. The molecule has 3 aromatic rings. The van der Waals surface area contributed by atoms with Crippen LogP contribution in [0.3, 0.4) is 0 Å². The van der Waals surface area contributed by atoms with Crippen molar-refractivity contribution in [2.45, 2.75) is 19.9 Å². The Labute approximate surface area is 167 Å². The number of aryl methyl sites for hydroxylation is 1. The average molecular weight is 402 g/mol. The first-order valence-corrected chi connectivity index (χ1v) is 9.00. The highest BCUT2D eigenvalue weighted by Crippen LogP contribution is 2.33. The van der Waals surface area contributed by atoms with Crippen LogP contribution >= 0.6 is 11.6 Å². The molecule has 0 aliphatic carbocycles. The number of carbonyl (C=O) groups excluding carboxylic acids is 1. The number of hydrogen-bond donors (Lipinski definition) is 1. The summed E-state index contributed by atoms with van der Waals surface area (Å²) in [6.45, 7) is 2.12. The number of nitrogens with one attached hydrogen (secondary N) is 1. The fourth-order valence-electron chi connectivity index (χ4n) is 2.99. The second kappa shape index (κ2) is 8.35. The predicted octanol–water partition coefficient (Wildman–Crippen LogP) is 3.63. The maximum atomic E-state index is 12.5. The van der Waals surface area contributed by atoms with Gasteiger partial charge in [-0.2, -0.15) is 0 Å². The molecule has 0 unspecified atom stereocenters. The third kappa shape index (κ3) is 4.12. The Morgan fingerprint density at radius 3 is 2.50 bits per heavy atom. The number of methoxy groups -OCH3 is 2. The lowest BCUT2D eigenvalue weighted by Crippen LogP contribution is -2.27. The van der Waals surface area contributed by atoms with E-state index in [1.165, 1.54) is 14.2 Å². The molecule has 1 N–H and O–H groups in total. The second-order valence-corrected chi connectivity index (χ2v) is 6.71. The number of halogens is 1. The lowest BCUT2D eigenvalue weighted by atomic mass is 10.0. The van der Waals surface area contributed by atoms with Gasteiger partial charge in [0.05, 0.1) is 31.6 Å². The van der Waals surface area contributed by atoms with Crippen molar-refractivity contribution in [3.63, 3.8) is 0 Å². The molecule has 1 amide bonds. The molecule has 0 aliphatic rings. The molecule has 0 saturated heterocycles. The normalized spacial score (nSPS) is 10.7. The van der Waals surface area contributed by atoms with Gasteiger partial charge in [0.2, 0.25) is 5.91 Å². The van der Waals surface area contributed by atoms with Crippen molar-refractivity contribution in [3.05, 3.63) is 68.5 Å². The lowest BCUT2D eigenvalue weighted by molar-refractivity contribution is -0.120. The molecule has 0 spiro atoms. The number of ether oxygens (including phenoxy) is 2. The van der Waals surface area contributed by atoms with E-state index in [0.717, 1.165) is 5.56 Å². The molecule has 1 aromatic heterocycles. The quantitative estimate of drug-likeness (QED) is 0.638. The van der Waals surface area contributed by atoms with Gasteiger partial charge in [0.25, 0.3) is 0 Å². The van der Waals surface area contributed by atoms with Crippen LogP contribution in [-0.4, -0.2) is 20.1 Å². The van der Waals surface area contributed by atoms with Gasteiger partial charge in [-0.05, 0) is 30.2 Å². The van der Waals surface area contributed by atoms with Crippen LogP contribution in [0.4, 0.5) is 0 Å². The molecule has 0 saturated carbocycles. The van der Waals surface area contributed by atoms with Crippen LogP contribution in [0.25, 0.3) is 11.0 Å². The van der Waals surface area contributed by atoms with Crippen LogP contribution in [0.1, 0.15) is 16.7 Å². The largest absolute Gasteiger partial charge is 0.496 e. The van der Waals surface area contributed by atoms with Gasteiger partial charge in [0, 0.05) is 23.7 Å². The molecule has 0 atom stereocenters. The zero-order chi connectivity index (χ0) is 20.3. The Kier molecular flexibility index (Phi) is 5.90. The maximum Gasteiger partial charge on any atom is 0.340 e. The molecular weight excluding hydrogens is 382 g/mol. The minimum atomic E-state index is -0.554. The van der Waals surface area contributed by atoms with Crippen LogP contribution in [0.15, 0.2) is 45.6 Å². The Balaban J connectivity index is 1.87. The summed E-state index contributed by atoms with van der Waals surface area (Å²) in [6, 6.07) is 10.5. The Hall–Kier alpha value is -2.99. The van der Waals surface area contributed by atoms with E-state index in [4.69, 9.17) is 25.5 Å². The van der Waals surface area contributed by atoms with Crippen LogP contribution in [0.2, 0.25) is 5.02 Å². The van der Waals surface area contributed by atoms with Gasteiger partial charge in [-0.1, -0.05) is 23.7 Å². The van der Waals surface area contributed by atoms with E-state index in [2.05, 4.69) is 5.32 Å². The summed E-state index contributed by atoms with van der Waals surface area (Å²) in [5.41, 5.74) is 1.65. The van der Waals surface area contributed by atoms with Crippen molar-refractivity contribution < 1.29 is 18.7 Å². The SMILES string of the molecule is COc1cc(OC)c2c(C)c(CC(=O)NCc3ccc(Cl)cc3)c(=O)oc2c1. The van der Waals surface area contributed by atoms with Gasteiger partial charge >= 0.3 is 5.63 Å². The molecule has 0 bridgehead atoms. The maximum absolute atomic E-state index is 12.5. The monoisotopic (exact) mass is 401 g/mol. The van der Waals surface area contributed by atoms with Gasteiger partial charge in [-0.25, -0.2) is 4.79 Å². The number of carbonyl (C=O) groups is 1. The number of rotatable bonds is 6. The van der Waals surface area contributed by atoms with Crippen LogP contribution < -0.4 is 20.4 Å². The van der Waals surface area contributed by atoms with Crippen LogP contribution in [-0.2, 0) is 17.8 Å². The van der Waals surface area contributed by atoms with E-state index in [0.29, 0.717) is 45.2 Å². The van der Waals surface area contributed by atoms with E-state index in [-0.39, 0.29) is 12.3 Å². The van der Waals surface area contributed by atoms with Crippen molar-refractivity contribution in [2.24, 2.45) is 0 Å². The zero-order valence-corrected chi connectivity index (χ0v) is 16.6. The Bertz CT molecular complexity index is 1070. The molecule has 3 rings (SSSR count). The minimum absolute atomic E-state index is 0.0904. The molecule has 146 valence electrons. The first kappa shape index (κ1) is 19.8. The van der Waals surface area contributed by atoms with Crippen LogP contribution in [0, 0.1) is 6.92 Å². The highest BCUT2D eigenvalue weighted by atomic mass is 35.5. The van der Waals surface area contributed by atoms with Crippen molar-refractivity contribution in [3.8, 4) is 11.5 Å². The highest BCUT2D eigenvalue weighted by molar-refractivity contribution is 6.30. The molecule has 0 radical (unpaired) electrons. The summed E-state index contributed by atoms with van der Waals surface area (Å²) in [5.74, 6) is 0.746. The molecule has 1 heterocycles. The third-order valence-electron chi connectivity index (χ3n) is 4.51. The van der Waals surface area contributed by atoms with Crippen LogP contribution in [0.5, 0.6) is 11.5 Å². The van der Waals surface area contributed by atoms with Gasteiger partial charge in [0.1, 0.15) is 17.1 Å². The van der Waals surface area contributed by atoms with E-state index in [9.17, 15) is 9.59 Å². The second-order valence-electron chi connectivity index (χ2n) is 6.28. The third-order valence-corrected chi connectivity index (χ3v) is 4.76. The summed E-state index contributed by atoms with van der Waals surface area (Å²) in [6.07, 6.45) is -0.0904. The molecule has 6 nitrogen and oxygen atoms in total. The minimum Gasteiger partial charge on any atom is -0.496 e. The average Bonchev–Trinajstić information content (AvgIpc) is 2.69. The van der Waals surface area contributed by atoms with Crippen molar-refractivity contribution in [2.75, 3.05) is 14.2 Å². The van der Waals surface area contributed by atoms with Crippen molar-refractivity contribution in [1.82, 2.24) is 5.32 Å². The van der Waals surface area contributed by atoms with E-state index in [1.54, 1.807) is 31.2 Å². The lowest BCUT2D eigenvalue weighted by Gasteiger charge is -2.13. The van der Waals surface area contributed by atoms with E-state index >= 15 is 0 Å². The Morgan fingerprint density at radius 2 is 1.86 bits per heavy atom. The first-order valence-electron chi connectivity index (χ1n) is 8.62. The summed E-state index contributed by atoms with van der Waals surface area (Å²) >= 11 is 5.86. The summed E-state index contributed by atoms with van der Waals surface area (Å²) in [4.78, 5) is 24.8. The topological polar surface area (TPSA) is 77.8 Å².